The van der Waals surface area contributed by atoms with Crippen LogP contribution in [0.1, 0.15) is 17.0 Å². The molecular weight excluding hydrogens is 203 g/mol. The van der Waals surface area contributed by atoms with E-state index < -0.39 is 0 Å². The third kappa shape index (κ3) is 1.09. The number of hydrogen-bond donors (Lipinski definition) is 0. The van der Waals surface area contributed by atoms with Crippen molar-refractivity contribution in [3.05, 3.63) is 76.8 Å². The average molecular weight is 216 g/mol. The normalized spacial score (nSPS) is 27.9. The Hall–Kier alpha value is -1.76. The van der Waals surface area contributed by atoms with Crippen LogP contribution in [-0.4, -0.2) is 7.85 Å². The van der Waals surface area contributed by atoms with Gasteiger partial charge in [-0.2, -0.15) is 0 Å². The number of hydrogen-bond acceptors (Lipinski definition) is 0. The summed E-state index contributed by atoms with van der Waals surface area (Å²) in [6.07, 6.45) is 11.4. The highest BCUT2D eigenvalue weighted by molar-refractivity contribution is 6.24. The first-order valence-electron chi connectivity index (χ1n) is 6.23. The van der Waals surface area contributed by atoms with Gasteiger partial charge in [-0.05, 0) is 22.3 Å². The first-order chi connectivity index (χ1) is 8.36. The summed E-state index contributed by atoms with van der Waals surface area (Å²) in [5.74, 6) is 1.13. The maximum atomic E-state index is 2.38. The molecule has 0 amide bonds. The molecule has 2 unspecified atom stereocenters. The lowest BCUT2D eigenvalue weighted by atomic mass is 9.71. The van der Waals surface area contributed by atoms with Gasteiger partial charge in [-0.25, -0.2) is 0 Å². The van der Waals surface area contributed by atoms with E-state index in [9.17, 15) is 0 Å². The van der Waals surface area contributed by atoms with Crippen LogP contribution in [0.15, 0.2) is 65.7 Å². The quantitative estimate of drug-likeness (QED) is 0.585. The molecule has 0 N–H and O–H groups in total. The van der Waals surface area contributed by atoms with Gasteiger partial charge in [0.2, 0.25) is 0 Å². The van der Waals surface area contributed by atoms with Crippen molar-refractivity contribution in [2.45, 2.75) is 5.92 Å². The third-order valence-corrected chi connectivity index (χ3v) is 4.22. The van der Waals surface area contributed by atoms with E-state index in [2.05, 4.69) is 62.5 Å². The molecule has 0 saturated carbocycles. The zero-order valence-corrected chi connectivity index (χ0v) is 9.85. The minimum Gasteiger partial charge on any atom is -0.0855 e. The summed E-state index contributed by atoms with van der Waals surface area (Å²) in [4.78, 5) is 0. The van der Waals surface area contributed by atoms with E-state index in [0.717, 1.165) is 0 Å². The lowest BCUT2D eigenvalue weighted by Gasteiger charge is -2.27. The number of fused-ring (bicyclic) bond motifs is 3. The van der Waals surface area contributed by atoms with Gasteiger partial charge in [0.1, 0.15) is 7.85 Å². The predicted molar refractivity (Wildman–Crippen MR) is 74.5 cm³/mol. The summed E-state index contributed by atoms with van der Waals surface area (Å²) in [5, 5.41) is 0. The van der Waals surface area contributed by atoms with Crippen LogP contribution >= 0.6 is 0 Å². The smallest absolute Gasteiger partial charge is 0.0855 e. The van der Waals surface area contributed by atoms with Crippen LogP contribution in [0, 0.1) is 5.92 Å². The molecular formula is C16H13B. The molecule has 3 aliphatic carbocycles. The maximum Gasteiger partial charge on any atom is 0.139 e. The van der Waals surface area contributed by atoms with Crippen LogP contribution in [-0.2, 0) is 0 Å². The topological polar surface area (TPSA) is 0 Å². The van der Waals surface area contributed by atoms with Crippen molar-refractivity contribution in [3.63, 3.8) is 0 Å². The second kappa shape index (κ2) is 3.13. The maximum absolute atomic E-state index is 2.38. The molecule has 17 heavy (non-hydrogen) atoms. The summed E-state index contributed by atoms with van der Waals surface area (Å²) in [6.45, 7) is 0. The fourth-order valence-electron chi connectivity index (χ4n) is 3.44. The van der Waals surface area contributed by atoms with Crippen LogP contribution in [0.2, 0.25) is 0 Å². The van der Waals surface area contributed by atoms with Gasteiger partial charge in [-0.3, -0.25) is 0 Å². The zero-order chi connectivity index (χ0) is 11.4. The molecule has 0 fully saturated rings. The Kier molecular flexibility index (Phi) is 1.71. The highest BCUT2D eigenvalue weighted by Gasteiger charge is 2.38. The van der Waals surface area contributed by atoms with E-state index >= 15 is 0 Å². The largest absolute Gasteiger partial charge is 0.139 e. The molecule has 0 spiro atoms. The molecule has 0 saturated heterocycles. The average Bonchev–Trinajstić information content (AvgIpc) is 2.70. The second-order valence-corrected chi connectivity index (χ2v) is 5.07. The predicted octanol–water partition coefficient (Wildman–Crippen LogP) is 2.81. The molecule has 1 aromatic carbocycles. The first-order valence-corrected chi connectivity index (χ1v) is 6.23. The van der Waals surface area contributed by atoms with E-state index in [1.54, 1.807) is 0 Å². The molecule has 2 atom stereocenters. The van der Waals surface area contributed by atoms with Crippen LogP contribution in [0.5, 0.6) is 0 Å². The third-order valence-electron chi connectivity index (χ3n) is 4.22. The minimum atomic E-state index is 0.557. The van der Waals surface area contributed by atoms with Crippen molar-refractivity contribution in [3.8, 4) is 0 Å². The molecule has 0 nitrogen and oxygen atoms in total. The van der Waals surface area contributed by atoms with Gasteiger partial charge >= 0.3 is 0 Å². The van der Waals surface area contributed by atoms with Crippen molar-refractivity contribution < 1.29 is 0 Å². The molecule has 3 aliphatic rings. The van der Waals surface area contributed by atoms with E-state index in [1.807, 2.05) is 0 Å². The summed E-state index contributed by atoms with van der Waals surface area (Å²) < 4.78 is 0. The number of allylic oxidation sites excluding steroid dienone is 8. The molecule has 0 bridgehead atoms. The molecule has 0 aliphatic heterocycles. The Morgan fingerprint density at radius 1 is 1.06 bits per heavy atom. The lowest BCUT2D eigenvalue weighted by Crippen LogP contribution is -2.14. The van der Waals surface area contributed by atoms with Crippen LogP contribution < -0.4 is 0 Å². The van der Waals surface area contributed by atoms with Gasteiger partial charge in [-0.1, -0.05) is 60.1 Å². The van der Waals surface area contributed by atoms with Crippen molar-refractivity contribution in [2.24, 2.45) is 5.92 Å². The van der Waals surface area contributed by atoms with E-state index in [0.29, 0.717) is 11.8 Å². The molecule has 4 rings (SSSR count). The molecule has 0 aromatic heterocycles. The van der Waals surface area contributed by atoms with Gasteiger partial charge in [0.05, 0.1) is 0 Å². The van der Waals surface area contributed by atoms with Crippen LogP contribution in [0.25, 0.3) is 5.57 Å². The van der Waals surface area contributed by atoms with Gasteiger partial charge in [-0.15, -0.1) is 0 Å². The Balaban J connectivity index is 2.04. The van der Waals surface area contributed by atoms with Gasteiger partial charge in [0, 0.05) is 11.8 Å². The molecule has 1 heteroatoms. The monoisotopic (exact) mass is 216 g/mol. The van der Waals surface area contributed by atoms with Crippen molar-refractivity contribution in [1.82, 2.24) is 0 Å². The first kappa shape index (κ1) is 9.29. The minimum absolute atomic E-state index is 0.557. The van der Waals surface area contributed by atoms with Gasteiger partial charge < -0.3 is 0 Å². The Morgan fingerprint density at radius 3 is 2.88 bits per heavy atom. The van der Waals surface area contributed by atoms with Crippen LogP contribution in [0.3, 0.4) is 0 Å². The molecule has 1 aromatic rings. The molecule has 0 radical (unpaired) electrons. The number of rotatable bonds is 0. The summed E-state index contributed by atoms with van der Waals surface area (Å²) >= 11 is 0. The van der Waals surface area contributed by atoms with E-state index in [-0.39, 0.29) is 0 Å². The summed E-state index contributed by atoms with van der Waals surface area (Å²) in [5.41, 5.74) is 7.37. The SMILES string of the molecule is BC1=C2C=CC=C3c4ccccc4C(C=C1)C32. The highest BCUT2D eigenvalue weighted by Crippen LogP contribution is 2.53. The van der Waals surface area contributed by atoms with E-state index in [1.165, 1.54) is 27.7 Å². The fraction of sp³-hybridized carbons (Fsp3) is 0.125. The number of benzene rings is 1. The highest BCUT2D eigenvalue weighted by atomic mass is 14.4. The Bertz CT molecular complexity index is 629. The Labute approximate surface area is 102 Å². The zero-order valence-electron chi connectivity index (χ0n) is 9.85. The van der Waals surface area contributed by atoms with Crippen LogP contribution in [0.4, 0.5) is 0 Å². The van der Waals surface area contributed by atoms with Crippen molar-refractivity contribution in [1.29, 1.82) is 0 Å². The Morgan fingerprint density at radius 2 is 1.94 bits per heavy atom. The van der Waals surface area contributed by atoms with Gasteiger partial charge in [0.15, 0.2) is 0 Å². The summed E-state index contributed by atoms with van der Waals surface area (Å²) in [6, 6.07) is 8.85. The second-order valence-electron chi connectivity index (χ2n) is 5.07. The lowest BCUT2D eigenvalue weighted by molar-refractivity contribution is 0.719. The summed E-state index contributed by atoms with van der Waals surface area (Å²) in [7, 11) is 2.22. The van der Waals surface area contributed by atoms with Crippen molar-refractivity contribution in [2.75, 3.05) is 0 Å². The fourth-order valence-corrected chi connectivity index (χ4v) is 3.44. The van der Waals surface area contributed by atoms with Crippen molar-refractivity contribution >= 4 is 13.4 Å². The molecule has 0 heterocycles. The molecule has 80 valence electrons. The standard InChI is InChI=1S/C16H13B/c17-15-9-8-13-11-5-2-1-4-10(11)12-6-3-7-14(15)16(12)13/h1-9,13,16H,17H2. The van der Waals surface area contributed by atoms with Gasteiger partial charge in [0.25, 0.3) is 0 Å². The van der Waals surface area contributed by atoms with E-state index in [4.69, 9.17) is 0 Å².